The molecule has 0 amide bonds. The van der Waals surface area contributed by atoms with Gasteiger partial charge < -0.3 is 5.32 Å². The van der Waals surface area contributed by atoms with Crippen LogP contribution in [-0.2, 0) is 6.54 Å². The third-order valence-corrected chi connectivity index (χ3v) is 2.05. The minimum Gasteiger partial charge on any atom is -0.310 e. The number of nitrogens with one attached hydrogen (secondary N) is 1. The first-order chi connectivity index (χ1) is 7.29. The lowest BCUT2D eigenvalue weighted by Crippen LogP contribution is -2.25. The maximum atomic E-state index is 11.7. The average Bonchev–Trinajstić information content (AvgIpc) is 2.67. The van der Waals surface area contributed by atoms with Crippen LogP contribution >= 0.6 is 0 Å². The molecule has 0 spiro atoms. The lowest BCUT2D eigenvalue weighted by molar-refractivity contribution is 0.0981. The summed E-state index contributed by atoms with van der Waals surface area (Å²) in [6, 6.07) is 0. The van der Waals surface area contributed by atoms with Gasteiger partial charge in [0.25, 0.3) is 0 Å². The Labute approximate surface area is 89.9 Å². The molecule has 0 atom stereocenters. The van der Waals surface area contributed by atoms with Crippen molar-refractivity contribution in [1.29, 1.82) is 0 Å². The van der Waals surface area contributed by atoms with Gasteiger partial charge in [0.05, 0.1) is 12.7 Å². The van der Waals surface area contributed by atoms with Gasteiger partial charge in [-0.25, -0.2) is 4.68 Å². The maximum Gasteiger partial charge on any atom is 0.196 e. The van der Waals surface area contributed by atoms with E-state index >= 15 is 0 Å². The Kier molecular flexibility index (Phi) is 4.97. The highest BCUT2D eigenvalue weighted by molar-refractivity contribution is 5.95. The smallest absolute Gasteiger partial charge is 0.196 e. The minimum atomic E-state index is 0.0573. The van der Waals surface area contributed by atoms with Gasteiger partial charge in [-0.1, -0.05) is 19.1 Å². The van der Waals surface area contributed by atoms with E-state index in [2.05, 4.69) is 22.6 Å². The van der Waals surface area contributed by atoms with Gasteiger partial charge in [-0.3, -0.25) is 4.79 Å². The number of carbonyl (C=O) groups is 1. The molecule has 1 N–H and O–H groups in total. The fourth-order valence-electron chi connectivity index (χ4n) is 1.32. The number of aryl methyl sites for hydroxylation is 1. The third-order valence-electron chi connectivity index (χ3n) is 2.05. The fraction of sp³-hybridized carbons (Fsp3) is 0.700. The summed E-state index contributed by atoms with van der Waals surface area (Å²) < 4.78 is 1.66. The van der Waals surface area contributed by atoms with E-state index in [0.717, 1.165) is 25.9 Å². The fourth-order valence-corrected chi connectivity index (χ4v) is 1.32. The van der Waals surface area contributed by atoms with Crippen LogP contribution in [-0.4, -0.2) is 33.9 Å². The number of carbonyl (C=O) groups excluding carboxylic acids is 1. The molecule has 0 aliphatic rings. The normalized spacial score (nSPS) is 10.5. The third kappa shape index (κ3) is 3.43. The van der Waals surface area contributed by atoms with Crippen molar-refractivity contribution < 1.29 is 4.79 Å². The van der Waals surface area contributed by atoms with Gasteiger partial charge in [0, 0.05) is 6.54 Å². The van der Waals surface area contributed by atoms with E-state index in [1.165, 1.54) is 6.20 Å². The quantitative estimate of drug-likeness (QED) is 0.536. The van der Waals surface area contributed by atoms with Crippen LogP contribution in [0, 0.1) is 0 Å². The van der Waals surface area contributed by atoms with Crippen molar-refractivity contribution in [1.82, 2.24) is 20.3 Å². The summed E-state index contributed by atoms with van der Waals surface area (Å²) in [6.07, 6.45) is 3.51. The molecule has 0 saturated heterocycles. The molecule has 84 valence electrons. The molecule has 0 unspecified atom stereocenters. The highest BCUT2D eigenvalue weighted by atomic mass is 16.1. The summed E-state index contributed by atoms with van der Waals surface area (Å²) in [5.74, 6) is 0.0573. The Morgan fingerprint density at radius 1 is 1.47 bits per heavy atom. The molecule has 1 rings (SSSR count). The van der Waals surface area contributed by atoms with Crippen molar-refractivity contribution in [2.75, 3.05) is 13.1 Å². The summed E-state index contributed by atoms with van der Waals surface area (Å²) in [7, 11) is 0. The minimum absolute atomic E-state index is 0.0573. The molecule has 0 fully saturated rings. The molecule has 1 heterocycles. The predicted octanol–water partition coefficient (Wildman–Crippen LogP) is 0.870. The number of hydrogen-bond acceptors (Lipinski definition) is 4. The summed E-state index contributed by atoms with van der Waals surface area (Å²) in [4.78, 5) is 11.7. The van der Waals surface area contributed by atoms with E-state index in [0.29, 0.717) is 12.2 Å². The second kappa shape index (κ2) is 6.29. The van der Waals surface area contributed by atoms with Crippen molar-refractivity contribution in [2.45, 2.75) is 33.2 Å². The SMILES string of the molecule is CCCNCC(=O)c1cnnn1CCC. The van der Waals surface area contributed by atoms with Gasteiger partial charge >= 0.3 is 0 Å². The van der Waals surface area contributed by atoms with Gasteiger partial charge in [-0.05, 0) is 19.4 Å². The van der Waals surface area contributed by atoms with Crippen LogP contribution in [0.25, 0.3) is 0 Å². The van der Waals surface area contributed by atoms with Gasteiger partial charge in [0.2, 0.25) is 0 Å². The summed E-state index contributed by atoms with van der Waals surface area (Å²) in [6.45, 7) is 6.09. The van der Waals surface area contributed by atoms with E-state index in [-0.39, 0.29) is 5.78 Å². The molecule has 5 heteroatoms. The molecule has 1 aromatic rings. The van der Waals surface area contributed by atoms with Gasteiger partial charge in [-0.2, -0.15) is 0 Å². The predicted molar refractivity (Wildman–Crippen MR) is 57.8 cm³/mol. The number of ketones is 1. The monoisotopic (exact) mass is 210 g/mol. The summed E-state index contributed by atoms with van der Waals surface area (Å²) >= 11 is 0. The molecule has 0 radical (unpaired) electrons. The Balaban J connectivity index is 2.53. The lowest BCUT2D eigenvalue weighted by Gasteiger charge is -2.04. The summed E-state index contributed by atoms with van der Waals surface area (Å²) in [5, 5.41) is 10.7. The number of aromatic nitrogens is 3. The number of nitrogens with zero attached hydrogens (tertiary/aromatic N) is 3. The molecule has 0 saturated carbocycles. The van der Waals surface area contributed by atoms with Crippen molar-refractivity contribution in [2.24, 2.45) is 0 Å². The zero-order valence-corrected chi connectivity index (χ0v) is 9.36. The van der Waals surface area contributed by atoms with Crippen LogP contribution in [0.3, 0.4) is 0 Å². The Hall–Kier alpha value is -1.23. The molecule has 0 bridgehead atoms. The van der Waals surface area contributed by atoms with E-state index in [1.807, 2.05) is 6.92 Å². The number of Topliss-reactive ketones (excluding diaryl/α,β-unsaturated/α-hetero) is 1. The van der Waals surface area contributed by atoms with Crippen LogP contribution in [0.15, 0.2) is 6.20 Å². The summed E-state index contributed by atoms with van der Waals surface area (Å²) in [5.41, 5.74) is 0.598. The van der Waals surface area contributed by atoms with Crippen molar-refractivity contribution in [3.05, 3.63) is 11.9 Å². The number of hydrogen-bond donors (Lipinski definition) is 1. The molecule has 0 aliphatic heterocycles. The van der Waals surface area contributed by atoms with E-state index in [4.69, 9.17) is 0 Å². The Bertz CT molecular complexity index is 308. The lowest BCUT2D eigenvalue weighted by atomic mass is 10.3. The van der Waals surface area contributed by atoms with E-state index in [1.54, 1.807) is 4.68 Å². The van der Waals surface area contributed by atoms with Crippen LogP contribution in [0.5, 0.6) is 0 Å². The van der Waals surface area contributed by atoms with Crippen LogP contribution < -0.4 is 5.32 Å². The Morgan fingerprint density at radius 2 is 2.27 bits per heavy atom. The molecule has 0 aromatic carbocycles. The molecule has 1 aromatic heterocycles. The van der Waals surface area contributed by atoms with Crippen molar-refractivity contribution in [3.8, 4) is 0 Å². The van der Waals surface area contributed by atoms with E-state index < -0.39 is 0 Å². The largest absolute Gasteiger partial charge is 0.310 e. The standard InChI is InChI=1S/C10H18N4O/c1-3-5-11-8-10(15)9-7-12-13-14(9)6-4-2/h7,11H,3-6,8H2,1-2H3. The van der Waals surface area contributed by atoms with Crippen LogP contribution in [0.1, 0.15) is 37.2 Å². The van der Waals surface area contributed by atoms with Crippen LogP contribution in [0.2, 0.25) is 0 Å². The number of rotatable bonds is 7. The molecule has 5 nitrogen and oxygen atoms in total. The molecular formula is C10H18N4O. The first kappa shape index (κ1) is 11.8. The van der Waals surface area contributed by atoms with Crippen molar-refractivity contribution in [3.63, 3.8) is 0 Å². The second-order valence-corrected chi connectivity index (χ2v) is 3.44. The highest BCUT2D eigenvalue weighted by Crippen LogP contribution is 1.98. The van der Waals surface area contributed by atoms with E-state index in [9.17, 15) is 4.79 Å². The zero-order valence-electron chi connectivity index (χ0n) is 9.36. The second-order valence-electron chi connectivity index (χ2n) is 3.44. The Morgan fingerprint density at radius 3 is 2.93 bits per heavy atom. The molecule has 15 heavy (non-hydrogen) atoms. The maximum absolute atomic E-state index is 11.7. The zero-order chi connectivity index (χ0) is 11.1. The molecular weight excluding hydrogens is 192 g/mol. The van der Waals surface area contributed by atoms with Crippen molar-refractivity contribution >= 4 is 5.78 Å². The van der Waals surface area contributed by atoms with Gasteiger partial charge in [0.1, 0.15) is 5.69 Å². The molecule has 0 aliphatic carbocycles. The van der Waals surface area contributed by atoms with Gasteiger partial charge in [-0.15, -0.1) is 5.10 Å². The van der Waals surface area contributed by atoms with Crippen LogP contribution in [0.4, 0.5) is 0 Å². The van der Waals surface area contributed by atoms with Gasteiger partial charge in [0.15, 0.2) is 5.78 Å². The topological polar surface area (TPSA) is 59.8 Å². The highest BCUT2D eigenvalue weighted by Gasteiger charge is 2.11. The first-order valence-electron chi connectivity index (χ1n) is 5.42. The average molecular weight is 210 g/mol. The first-order valence-corrected chi connectivity index (χ1v) is 5.42.